The fraction of sp³-hybridized carbons (Fsp3) is 0.323. The van der Waals surface area contributed by atoms with Crippen LogP contribution in [0.25, 0.3) is 22.3 Å². The van der Waals surface area contributed by atoms with E-state index in [9.17, 15) is 13.2 Å². The van der Waals surface area contributed by atoms with E-state index in [4.69, 9.17) is 20.2 Å². The second-order valence-electron chi connectivity index (χ2n) is 10.8. The Bertz CT molecular complexity index is 1750. The van der Waals surface area contributed by atoms with Crippen LogP contribution in [-0.4, -0.2) is 87.1 Å². The van der Waals surface area contributed by atoms with Crippen LogP contribution in [0, 0.1) is 0 Å². The summed E-state index contributed by atoms with van der Waals surface area (Å²) in [6, 6.07) is 16.8. The Balaban J connectivity index is 1.41. The molecule has 13 heteroatoms. The minimum absolute atomic E-state index is 0.00613. The number of ether oxygens (including phenoxy) is 2. The average molecular weight is 620 g/mol. The van der Waals surface area contributed by atoms with Crippen LogP contribution in [0.15, 0.2) is 65.6 Å². The Kier molecular flexibility index (Phi) is 9.18. The van der Waals surface area contributed by atoms with Gasteiger partial charge in [-0.2, -0.15) is 0 Å². The van der Waals surface area contributed by atoms with Crippen molar-refractivity contribution in [2.75, 3.05) is 62.7 Å². The number of carbonyl (C=O) groups is 1. The van der Waals surface area contributed by atoms with Gasteiger partial charge in [-0.25, -0.2) is 18.4 Å². The minimum atomic E-state index is -4.17. The van der Waals surface area contributed by atoms with Crippen LogP contribution in [-0.2, 0) is 14.8 Å². The van der Waals surface area contributed by atoms with E-state index in [-0.39, 0.29) is 28.9 Å². The lowest BCUT2D eigenvalue weighted by Crippen LogP contribution is -2.50. The molecule has 0 spiro atoms. The third-order valence-electron chi connectivity index (χ3n) is 7.51. The molecule has 0 bridgehead atoms. The van der Waals surface area contributed by atoms with Crippen molar-refractivity contribution in [2.45, 2.75) is 24.8 Å². The molecule has 1 aliphatic rings. The minimum Gasteiger partial charge on any atom is -0.497 e. The highest BCUT2D eigenvalue weighted by Gasteiger charge is 2.23. The topological polar surface area (TPSA) is 152 Å². The van der Waals surface area contributed by atoms with Gasteiger partial charge in [0.2, 0.25) is 5.91 Å². The normalized spacial score (nSPS) is 14.5. The summed E-state index contributed by atoms with van der Waals surface area (Å²) in [7, 11) is -1.13. The first-order valence-corrected chi connectivity index (χ1v) is 15.7. The molecule has 2 heterocycles. The molecular formula is C31H37N7O5S. The molecule has 0 atom stereocenters. The molecule has 1 aromatic heterocycles. The summed E-state index contributed by atoms with van der Waals surface area (Å²) >= 11 is 0. The third kappa shape index (κ3) is 7.01. The number of hydrogen-bond acceptors (Lipinski definition) is 10. The van der Waals surface area contributed by atoms with Gasteiger partial charge in [0, 0.05) is 49.5 Å². The highest BCUT2D eigenvalue weighted by molar-refractivity contribution is 7.92. The maximum Gasteiger partial charge on any atom is 0.263 e. The number of rotatable bonds is 10. The Morgan fingerprint density at radius 2 is 1.64 bits per heavy atom. The molecule has 1 fully saturated rings. The Labute approximate surface area is 257 Å². The van der Waals surface area contributed by atoms with Crippen molar-refractivity contribution in [3.63, 3.8) is 0 Å². The summed E-state index contributed by atoms with van der Waals surface area (Å²) in [5, 5.41) is 2.84. The number of sulfonamides is 1. The third-order valence-corrected chi connectivity index (χ3v) is 8.85. The quantitative estimate of drug-likeness (QED) is 0.224. The molecule has 1 saturated heterocycles. The fourth-order valence-corrected chi connectivity index (χ4v) is 6.14. The number of para-hydroxylation sites is 1. The van der Waals surface area contributed by atoms with Crippen LogP contribution in [0.5, 0.6) is 11.5 Å². The van der Waals surface area contributed by atoms with Gasteiger partial charge in [0.05, 0.1) is 36.9 Å². The number of nitrogens with one attached hydrogen (secondary N) is 2. The highest BCUT2D eigenvalue weighted by atomic mass is 32.2. The molecule has 0 unspecified atom stereocenters. The Morgan fingerprint density at radius 1 is 0.955 bits per heavy atom. The van der Waals surface area contributed by atoms with Crippen molar-refractivity contribution in [3.8, 4) is 22.8 Å². The molecule has 4 N–H and O–H groups in total. The number of amides is 1. The van der Waals surface area contributed by atoms with E-state index in [1.54, 1.807) is 48.5 Å². The molecule has 0 radical (unpaired) electrons. The van der Waals surface area contributed by atoms with E-state index in [2.05, 4.69) is 38.7 Å². The molecule has 232 valence electrons. The number of nitrogen functional groups attached to an aromatic ring is 1. The predicted octanol–water partition coefficient (Wildman–Crippen LogP) is 3.66. The van der Waals surface area contributed by atoms with Gasteiger partial charge < -0.3 is 20.5 Å². The zero-order valence-corrected chi connectivity index (χ0v) is 26.0. The summed E-state index contributed by atoms with van der Waals surface area (Å²) in [4.78, 5) is 26.5. The summed E-state index contributed by atoms with van der Waals surface area (Å²) in [5.41, 5.74) is 8.52. The van der Waals surface area contributed by atoms with Gasteiger partial charge in [-0.05, 0) is 56.3 Å². The second-order valence-corrected chi connectivity index (χ2v) is 12.5. The predicted molar refractivity (Wildman–Crippen MR) is 172 cm³/mol. The molecule has 4 aromatic rings. The van der Waals surface area contributed by atoms with Gasteiger partial charge in [-0.1, -0.05) is 12.1 Å². The van der Waals surface area contributed by atoms with Crippen LogP contribution in [0.1, 0.15) is 13.8 Å². The zero-order valence-electron chi connectivity index (χ0n) is 25.2. The van der Waals surface area contributed by atoms with E-state index in [0.29, 0.717) is 45.5 Å². The van der Waals surface area contributed by atoms with Gasteiger partial charge in [0.15, 0.2) is 5.82 Å². The lowest BCUT2D eigenvalue weighted by molar-refractivity contribution is -0.117. The van der Waals surface area contributed by atoms with Crippen LogP contribution in [0.3, 0.4) is 0 Å². The molecule has 0 aliphatic carbocycles. The Morgan fingerprint density at radius 3 is 2.30 bits per heavy atom. The maximum atomic E-state index is 13.7. The molecule has 5 rings (SSSR count). The maximum absolute atomic E-state index is 13.7. The molecular weight excluding hydrogens is 582 g/mol. The number of fused-ring (bicyclic) bond motifs is 1. The van der Waals surface area contributed by atoms with Crippen molar-refractivity contribution in [1.29, 1.82) is 0 Å². The number of nitrogens with two attached hydrogens (primary N) is 1. The largest absolute Gasteiger partial charge is 0.497 e. The van der Waals surface area contributed by atoms with Crippen LogP contribution in [0.4, 0.5) is 17.2 Å². The molecule has 44 heavy (non-hydrogen) atoms. The summed E-state index contributed by atoms with van der Waals surface area (Å²) in [6.45, 7) is 7.95. The first-order chi connectivity index (χ1) is 21.1. The van der Waals surface area contributed by atoms with Crippen molar-refractivity contribution in [2.24, 2.45) is 0 Å². The molecule has 12 nitrogen and oxygen atoms in total. The number of hydrogen-bond donors (Lipinski definition) is 3. The molecule has 1 amide bonds. The molecule has 3 aromatic carbocycles. The number of anilines is 3. The number of aromatic nitrogens is 2. The number of nitrogens with zero attached hydrogens (tertiary/aromatic N) is 4. The van der Waals surface area contributed by atoms with E-state index < -0.39 is 10.0 Å². The first kappa shape index (κ1) is 31.0. The van der Waals surface area contributed by atoms with E-state index in [1.165, 1.54) is 26.4 Å². The number of piperazine rings is 1. The number of carbonyl (C=O) groups excluding carboxylic acids is 1. The van der Waals surface area contributed by atoms with Crippen molar-refractivity contribution < 1.29 is 22.7 Å². The van der Waals surface area contributed by atoms with Gasteiger partial charge in [-0.3, -0.25) is 19.3 Å². The summed E-state index contributed by atoms with van der Waals surface area (Å²) < 4.78 is 40.8. The van der Waals surface area contributed by atoms with Crippen molar-refractivity contribution >= 4 is 44.2 Å². The fourth-order valence-electron chi connectivity index (χ4n) is 5.08. The SMILES string of the molecule is COc1cc(OC)cc(-c2nc3c(N)cccc3nc2NS(=O)(=O)c2cccc(NC(=O)CN3CCN(C(C)C)CC3)c2)c1. The van der Waals surface area contributed by atoms with E-state index in [0.717, 1.165) is 26.2 Å². The molecule has 1 aliphatic heterocycles. The highest BCUT2D eigenvalue weighted by Crippen LogP contribution is 2.35. The smallest absolute Gasteiger partial charge is 0.263 e. The standard InChI is InChI=1S/C31H37N7O5S/c1-20(2)38-13-11-37(12-14-38)19-28(39)33-22-7-5-8-25(17-22)44(40,41)36-31-29(21-15-23(42-3)18-24(16-21)43-4)35-30-26(32)9-6-10-27(30)34-31/h5-10,15-18,20H,11-14,19,32H2,1-4H3,(H,33,39)(H,34,36). The van der Waals surface area contributed by atoms with Gasteiger partial charge in [-0.15, -0.1) is 0 Å². The van der Waals surface area contributed by atoms with E-state index in [1.807, 2.05) is 0 Å². The van der Waals surface area contributed by atoms with E-state index >= 15 is 0 Å². The van der Waals surface area contributed by atoms with Crippen LogP contribution < -0.4 is 25.2 Å². The molecule has 0 saturated carbocycles. The number of benzene rings is 3. The van der Waals surface area contributed by atoms with Crippen LogP contribution in [0.2, 0.25) is 0 Å². The van der Waals surface area contributed by atoms with Gasteiger partial charge in [0.1, 0.15) is 22.7 Å². The van der Waals surface area contributed by atoms with Crippen LogP contribution >= 0.6 is 0 Å². The van der Waals surface area contributed by atoms with Gasteiger partial charge in [0.25, 0.3) is 10.0 Å². The van der Waals surface area contributed by atoms with Crippen molar-refractivity contribution in [1.82, 2.24) is 19.8 Å². The second kappa shape index (κ2) is 13.0. The van der Waals surface area contributed by atoms with Crippen molar-refractivity contribution in [3.05, 3.63) is 60.7 Å². The summed E-state index contributed by atoms with van der Waals surface area (Å²) in [6.07, 6.45) is 0. The number of methoxy groups -OCH3 is 2. The monoisotopic (exact) mass is 619 g/mol. The average Bonchev–Trinajstić information content (AvgIpc) is 3.00. The lowest BCUT2D eigenvalue weighted by atomic mass is 10.1. The van der Waals surface area contributed by atoms with Gasteiger partial charge >= 0.3 is 0 Å². The first-order valence-electron chi connectivity index (χ1n) is 14.2. The summed E-state index contributed by atoms with van der Waals surface area (Å²) in [5.74, 6) is 0.758. The zero-order chi connectivity index (χ0) is 31.4. The Hall–Kier alpha value is -4.46. The lowest BCUT2D eigenvalue weighted by Gasteiger charge is -2.36.